The fourth-order valence-electron chi connectivity index (χ4n) is 2.07. The number of nitrogens with one attached hydrogen (secondary N) is 1. The van der Waals surface area contributed by atoms with E-state index in [1.165, 1.54) is 0 Å². The molecule has 1 aliphatic rings. The van der Waals surface area contributed by atoms with Crippen molar-refractivity contribution in [1.29, 1.82) is 0 Å². The lowest BCUT2D eigenvalue weighted by molar-refractivity contribution is 0.108. The zero-order valence-corrected chi connectivity index (χ0v) is 9.85. The molecule has 0 atom stereocenters. The summed E-state index contributed by atoms with van der Waals surface area (Å²) in [6, 6.07) is 3.84. The van der Waals surface area contributed by atoms with Gasteiger partial charge in [0.1, 0.15) is 5.82 Å². The van der Waals surface area contributed by atoms with Gasteiger partial charge in [-0.25, -0.2) is 4.98 Å². The van der Waals surface area contributed by atoms with Crippen molar-refractivity contribution in [2.75, 3.05) is 6.61 Å². The molecule has 5 heteroatoms. The summed E-state index contributed by atoms with van der Waals surface area (Å²) in [6.07, 6.45) is 4.80. The second-order valence-electron chi connectivity index (χ2n) is 4.27. The Bertz CT molecular complexity index is 607. The predicted octanol–water partition coefficient (Wildman–Crippen LogP) is 0.828. The zero-order valence-electron chi connectivity index (χ0n) is 9.85. The van der Waals surface area contributed by atoms with Gasteiger partial charge in [0.15, 0.2) is 0 Å². The third-order valence-corrected chi connectivity index (χ3v) is 3.00. The molecule has 0 aliphatic carbocycles. The Balaban J connectivity index is 1.94. The molecule has 0 bridgehead atoms. The van der Waals surface area contributed by atoms with Gasteiger partial charge in [-0.15, -0.1) is 0 Å². The van der Waals surface area contributed by atoms with Gasteiger partial charge in [-0.3, -0.25) is 9.78 Å². The van der Waals surface area contributed by atoms with Crippen molar-refractivity contribution in [3.63, 3.8) is 0 Å². The summed E-state index contributed by atoms with van der Waals surface area (Å²) < 4.78 is 5.27. The van der Waals surface area contributed by atoms with E-state index in [0.717, 1.165) is 11.3 Å². The minimum atomic E-state index is -0.0799. The van der Waals surface area contributed by atoms with Crippen LogP contribution < -0.4 is 5.56 Å². The lowest BCUT2D eigenvalue weighted by Gasteiger charge is -2.15. The maximum Gasteiger partial charge on any atom is 0.256 e. The molecule has 0 spiro atoms. The lowest BCUT2D eigenvalue weighted by atomic mass is 10.1. The molecule has 0 unspecified atom stereocenters. The smallest absolute Gasteiger partial charge is 0.256 e. The van der Waals surface area contributed by atoms with Gasteiger partial charge in [-0.05, 0) is 17.7 Å². The number of fused-ring (bicyclic) bond motifs is 1. The molecule has 5 nitrogen and oxygen atoms in total. The highest BCUT2D eigenvalue weighted by Crippen LogP contribution is 2.11. The van der Waals surface area contributed by atoms with Crippen LogP contribution in [-0.4, -0.2) is 21.6 Å². The monoisotopic (exact) mass is 243 g/mol. The van der Waals surface area contributed by atoms with E-state index in [0.29, 0.717) is 37.4 Å². The van der Waals surface area contributed by atoms with Crippen LogP contribution in [0, 0.1) is 0 Å². The minimum absolute atomic E-state index is 0.0799. The average Bonchev–Trinajstić information content (AvgIpc) is 2.40. The topological polar surface area (TPSA) is 67.9 Å². The van der Waals surface area contributed by atoms with E-state index >= 15 is 0 Å². The van der Waals surface area contributed by atoms with Crippen LogP contribution in [0.25, 0.3) is 0 Å². The molecule has 0 amide bonds. The van der Waals surface area contributed by atoms with Crippen LogP contribution in [0.4, 0.5) is 0 Å². The Morgan fingerprint density at radius 2 is 2.17 bits per heavy atom. The fraction of sp³-hybridized carbons (Fsp3) is 0.308. The summed E-state index contributed by atoms with van der Waals surface area (Å²) in [7, 11) is 0. The molecule has 0 saturated heterocycles. The van der Waals surface area contributed by atoms with Crippen molar-refractivity contribution in [1.82, 2.24) is 15.0 Å². The Morgan fingerprint density at radius 3 is 3.00 bits per heavy atom. The first kappa shape index (κ1) is 11.1. The van der Waals surface area contributed by atoms with Crippen molar-refractivity contribution < 1.29 is 4.74 Å². The number of rotatable bonds is 2. The first-order chi connectivity index (χ1) is 8.83. The first-order valence-corrected chi connectivity index (χ1v) is 5.90. The number of ether oxygens (including phenoxy) is 1. The van der Waals surface area contributed by atoms with E-state index in [4.69, 9.17) is 4.74 Å². The molecular weight excluding hydrogens is 230 g/mol. The van der Waals surface area contributed by atoms with Gasteiger partial charge in [-0.1, -0.05) is 0 Å². The SMILES string of the molecule is O=c1[nH]c(Cc2ccncc2)nc2c1COCC2. The predicted molar refractivity (Wildman–Crippen MR) is 65.3 cm³/mol. The molecule has 3 rings (SSSR count). The Hall–Kier alpha value is -2.01. The molecule has 18 heavy (non-hydrogen) atoms. The molecule has 3 heterocycles. The molecule has 0 radical (unpaired) electrons. The number of nitrogens with zero attached hydrogens (tertiary/aromatic N) is 2. The lowest BCUT2D eigenvalue weighted by Crippen LogP contribution is -2.25. The van der Waals surface area contributed by atoms with Gasteiger partial charge in [-0.2, -0.15) is 0 Å². The van der Waals surface area contributed by atoms with Crippen LogP contribution in [0.2, 0.25) is 0 Å². The highest BCUT2D eigenvalue weighted by molar-refractivity contribution is 5.22. The number of aromatic nitrogens is 3. The molecule has 1 aliphatic heterocycles. The van der Waals surface area contributed by atoms with Crippen LogP contribution >= 0.6 is 0 Å². The van der Waals surface area contributed by atoms with Gasteiger partial charge in [0, 0.05) is 25.2 Å². The number of hydrogen-bond acceptors (Lipinski definition) is 4. The Labute approximate surface area is 104 Å². The van der Waals surface area contributed by atoms with E-state index in [-0.39, 0.29) is 5.56 Å². The molecule has 92 valence electrons. The van der Waals surface area contributed by atoms with Crippen molar-refractivity contribution in [3.8, 4) is 0 Å². The molecule has 0 fully saturated rings. The zero-order chi connectivity index (χ0) is 12.4. The Morgan fingerprint density at radius 1 is 1.33 bits per heavy atom. The summed E-state index contributed by atoms with van der Waals surface area (Å²) in [5.74, 6) is 0.701. The van der Waals surface area contributed by atoms with Gasteiger partial charge in [0.05, 0.1) is 24.5 Å². The summed E-state index contributed by atoms with van der Waals surface area (Å²) in [5.41, 5.74) is 2.54. The van der Waals surface area contributed by atoms with Crippen molar-refractivity contribution in [3.05, 3.63) is 57.5 Å². The van der Waals surface area contributed by atoms with Gasteiger partial charge >= 0.3 is 0 Å². The quantitative estimate of drug-likeness (QED) is 0.848. The third-order valence-electron chi connectivity index (χ3n) is 3.00. The summed E-state index contributed by atoms with van der Waals surface area (Å²) in [4.78, 5) is 23.2. The van der Waals surface area contributed by atoms with Gasteiger partial charge in [0.2, 0.25) is 0 Å². The van der Waals surface area contributed by atoms with E-state index < -0.39 is 0 Å². The van der Waals surface area contributed by atoms with Gasteiger partial charge in [0.25, 0.3) is 5.56 Å². The van der Waals surface area contributed by atoms with Crippen LogP contribution in [0.5, 0.6) is 0 Å². The highest BCUT2D eigenvalue weighted by atomic mass is 16.5. The van der Waals surface area contributed by atoms with E-state index in [2.05, 4.69) is 15.0 Å². The van der Waals surface area contributed by atoms with Crippen molar-refractivity contribution >= 4 is 0 Å². The normalized spacial score (nSPS) is 14.2. The number of pyridine rings is 1. The maximum absolute atomic E-state index is 11.9. The second kappa shape index (κ2) is 4.70. The van der Waals surface area contributed by atoms with Crippen molar-refractivity contribution in [2.24, 2.45) is 0 Å². The van der Waals surface area contributed by atoms with Gasteiger partial charge < -0.3 is 9.72 Å². The summed E-state index contributed by atoms with van der Waals surface area (Å²) in [6.45, 7) is 1.01. The Kier molecular flexibility index (Phi) is 2.90. The molecule has 2 aromatic rings. The average molecular weight is 243 g/mol. The van der Waals surface area contributed by atoms with Crippen LogP contribution in [0.3, 0.4) is 0 Å². The molecule has 0 saturated carbocycles. The van der Waals surface area contributed by atoms with Crippen LogP contribution in [-0.2, 0) is 24.2 Å². The fourth-order valence-corrected chi connectivity index (χ4v) is 2.07. The van der Waals surface area contributed by atoms with Crippen molar-refractivity contribution in [2.45, 2.75) is 19.4 Å². The maximum atomic E-state index is 11.9. The second-order valence-corrected chi connectivity index (χ2v) is 4.27. The van der Waals surface area contributed by atoms with Crippen LogP contribution in [0.15, 0.2) is 29.3 Å². The number of aromatic amines is 1. The highest BCUT2D eigenvalue weighted by Gasteiger charge is 2.15. The number of H-pyrrole nitrogens is 1. The molecule has 2 aromatic heterocycles. The largest absolute Gasteiger partial charge is 0.376 e. The molecule has 1 N–H and O–H groups in total. The van der Waals surface area contributed by atoms with E-state index in [9.17, 15) is 4.79 Å². The minimum Gasteiger partial charge on any atom is -0.376 e. The molecular formula is C13H13N3O2. The standard InChI is InChI=1S/C13H13N3O2/c17-13-10-8-18-6-3-11(10)15-12(16-13)7-9-1-4-14-5-2-9/h1-2,4-5H,3,6-8H2,(H,15,16,17). The van der Waals surface area contributed by atoms with E-state index in [1.807, 2.05) is 12.1 Å². The van der Waals surface area contributed by atoms with E-state index in [1.54, 1.807) is 12.4 Å². The first-order valence-electron chi connectivity index (χ1n) is 5.90. The molecule has 0 aromatic carbocycles. The summed E-state index contributed by atoms with van der Waals surface area (Å²) in [5, 5.41) is 0. The van der Waals surface area contributed by atoms with Crippen LogP contribution in [0.1, 0.15) is 22.6 Å². The number of hydrogen-bond donors (Lipinski definition) is 1. The third kappa shape index (κ3) is 2.17. The summed E-state index contributed by atoms with van der Waals surface area (Å²) >= 11 is 0.